The minimum absolute atomic E-state index is 0.0629. The Morgan fingerprint density at radius 1 is 1.16 bits per heavy atom. The van der Waals surface area contributed by atoms with E-state index in [4.69, 9.17) is 9.47 Å². The van der Waals surface area contributed by atoms with Crippen LogP contribution in [0.15, 0.2) is 24.5 Å². The summed E-state index contributed by atoms with van der Waals surface area (Å²) in [6.07, 6.45) is 6.91. The molecular formula is C27H36F3N5O3. The van der Waals surface area contributed by atoms with Gasteiger partial charge in [0.15, 0.2) is 19.0 Å². The van der Waals surface area contributed by atoms with Crippen molar-refractivity contribution in [1.29, 1.82) is 0 Å². The molecule has 4 rings (SSSR count). The van der Waals surface area contributed by atoms with Gasteiger partial charge in [-0.2, -0.15) is 0 Å². The molecule has 2 aromatic heterocycles. The molecule has 8 nitrogen and oxygen atoms in total. The van der Waals surface area contributed by atoms with Crippen LogP contribution in [0.4, 0.5) is 13.2 Å². The largest absolute Gasteiger partial charge is 0.481 e. The Kier molecular flexibility index (Phi) is 9.07. The van der Waals surface area contributed by atoms with Crippen molar-refractivity contribution in [3.63, 3.8) is 0 Å². The summed E-state index contributed by atoms with van der Waals surface area (Å²) < 4.78 is 52.3. The summed E-state index contributed by atoms with van der Waals surface area (Å²) in [5, 5.41) is 2.94. The first-order chi connectivity index (χ1) is 18.1. The number of nitrogens with one attached hydrogen (secondary N) is 1. The molecule has 1 fully saturated rings. The van der Waals surface area contributed by atoms with E-state index in [0.29, 0.717) is 56.6 Å². The van der Waals surface area contributed by atoms with E-state index in [2.05, 4.69) is 25.2 Å². The Balaban J connectivity index is 1.17. The molecule has 1 saturated carbocycles. The average molecular weight is 536 g/mol. The van der Waals surface area contributed by atoms with E-state index in [9.17, 15) is 13.6 Å². The van der Waals surface area contributed by atoms with Crippen LogP contribution in [-0.4, -0.2) is 76.2 Å². The SMILES string of the molecule is Cc1ncc(OCC(=O)N[C@H]2CC[C@](F)(CCN3CCc4ccc(OCC(C)(F)F)nc4CC3)CC2)cn1. The highest BCUT2D eigenvalue weighted by Crippen LogP contribution is 2.35. The smallest absolute Gasteiger partial charge is 0.278 e. The van der Waals surface area contributed by atoms with Crippen LogP contribution in [0.2, 0.25) is 0 Å². The van der Waals surface area contributed by atoms with E-state index >= 15 is 4.39 Å². The molecule has 38 heavy (non-hydrogen) atoms. The molecule has 1 aliphatic carbocycles. The predicted molar refractivity (Wildman–Crippen MR) is 135 cm³/mol. The Labute approximate surface area is 221 Å². The molecule has 1 aliphatic heterocycles. The number of alkyl halides is 3. The van der Waals surface area contributed by atoms with Gasteiger partial charge in [-0.15, -0.1) is 0 Å². The van der Waals surface area contributed by atoms with Gasteiger partial charge < -0.3 is 19.7 Å². The number of carbonyl (C=O) groups excluding carboxylic acids is 1. The van der Waals surface area contributed by atoms with Crippen LogP contribution in [0, 0.1) is 6.92 Å². The van der Waals surface area contributed by atoms with Gasteiger partial charge in [-0.05, 0) is 51.0 Å². The second-order valence-corrected chi connectivity index (χ2v) is 10.5. The first-order valence-electron chi connectivity index (χ1n) is 13.2. The number of aromatic nitrogens is 3. The third kappa shape index (κ3) is 8.54. The molecule has 0 aromatic carbocycles. The van der Waals surface area contributed by atoms with Crippen molar-refractivity contribution in [3.05, 3.63) is 41.6 Å². The lowest BCUT2D eigenvalue weighted by Crippen LogP contribution is -2.44. The summed E-state index contributed by atoms with van der Waals surface area (Å²) in [4.78, 5) is 27.0. The number of pyridine rings is 1. The van der Waals surface area contributed by atoms with E-state index in [1.54, 1.807) is 13.0 Å². The maximum absolute atomic E-state index is 15.6. The number of hydrogen-bond acceptors (Lipinski definition) is 7. The number of rotatable bonds is 10. The van der Waals surface area contributed by atoms with Crippen LogP contribution in [0.25, 0.3) is 0 Å². The van der Waals surface area contributed by atoms with Crippen LogP contribution in [-0.2, 0) is 17.6 Å². The zero-order valence-electron chi connectivity index (χ0n) is 22.0. The van der Waals surface area contributed by atoms with Gasteiger partial charge in [0.2, 0.25) is 5.88 Å². The summed E-state index contributed by atoms with van der Waals surface area (Å²) in [6, 6.07) is 3.46. The molecule has 2 aromatic rings. The molecule has 0 atom stereocenters. The third-order valence-electron chi connectivity index (χ3n) is 7.13. The van der Waals surface area contributed by atoms with E-state index in [-0.39, 0.29) is 24.4 Å². The van der Waals surface area contributed by atoms with Gasteiger partial charge in [0.05, 0.1) is 12.4 Å². The van der Waals surface area contributed by atoms with Crippen LogP contribution < -0.4 is 14.8 Å². The fraction of sp³-hybridized carbons (Fsp3) is 0.630. The van der Waals surface area contributed by atoms with Crippen LogP contribution in [0.1, 0.15) is 56.1 Å². The molecule has 0 bridgehead atoms. The van der Waals surface area contributed by atoms with Crippen LogP contribution in [0.5, 0.6) is 11.6 Å². The van der Waals surface area contributed by atoms with E-state index < -0.39 is 18.2 Å². The first kappa shape index (κ1) is 28.1. The van der Waals surface area contributed by atoms with Crippen molar-refractivity contribution in [2.45, 2.75) is 76.4 Å². The second kappa shape index (κ2) is 12.3. The van der Waals surface area contributed by atoms with Crippen molar-refractivity contribution in [1.82, 2.24) is 25.2 Å². The number of halogens is 3. The molecular weight excluding hydrogens is 499 g/mol. The van der Waals surface area contributed by atoms with Gasteiger partial charge in [0.25, 0.3) is 11.8 Å². The number of nitrogens with zero attached hydrogens (tertiary/aromatic N) is 4. The monoisotopic (exact) mass is 535 g/mol. The molecule has 0 radical (unpaired) electrons. The molecule has 1 amide bonds. The summed E-state index contributed by atoms with van der Waals surface area (Å²) in [6.45, 7) is 3.91. The maximum atomic E-state index is 15.6. The summed E-state index contributed by atoms with van der Waals surface area (Å²) in [5.74, 6) is -1.89. The van der Waals surface area contributed by atoms with Gasteiger partial charge >= 0.3 is 0 Å². The second-order valence-electron chi connectivity index (χ2n) is 10.5. The van der Waals surface area contributed by atoms with Crippen molar-refractivity contribution in [2.24, 2.45) is 0 Å². The molecule has 0 unspecified atom stereocenters. The zero-order chi connectivity index (χ0) is 27.2. The van der Waals surface area contributed by atoms with E-state index in [1.165, 1.54) is 12.4 Å². The minimum Gasteiger partial charge on any atom is -0.481 e. The highest BCUT2D eigenvalue weighted by molar-refractivity contribution is 5.77. The van der Waals surface area contributed by atoms with E-state index in [1.807, 2.05) is 6.07 Å². The van der Waals surface area contributed by atoms with Crippen molar-refractivity contribution in [3.8, 4) is 11.6 Å². The molecule has 2 aliphatic rings. The molecule has 11 heteroatoms. The lowest BCUT2D eigenvalue weighted by Gasteiger charge is -2.35. The quantitative estimate of drug-likeness (QED) is 0.494. The molecule has 3 heterocycles. The van der Waals surface area contributed by atoms with Crippen molar-refractivity contribution < 1.29 is 27.4 Å². The number of ether oxygens (including phenoxy) is 2. The average Bonchev–Trinajstić information content (AvgIpc) is 3.09. The lowest BCUT2D eigenvalue weighted by molar-refractivity contribution is -0.124. The summed E-state index contributed by atoms with van der Waals surface area (Å²) >= 11 is 0. The Bertz CT molecular complexity index is 1070. The highest BCUT2D eigenvalue weighted by atomic mass is 19.3. The van der Waals surface area contributed by atoms with Gasteiger partial charge in [0, 0.05) is 50.8 Å². The fourth-order valence-electron chi connectivity index (χ4n) is 4.87. The molecule has 1 N–H and O–H groups in total. The number of fused-ring (bicyclic) bond motifs is 1. The third-order valence-corrected chi connectivity index (χ3v) is 7.13. The maximum Gasteiger partial charge on any atom is 0.278 e. The number of hydrogen-bond donors (Lipinski definition) is 1. The van der Waals surface area contributed by atoms with Crippen molar-refractivity contribution >= 4 is 5.91 Å². The minimum atomic E-state index is -2.91. The lowest BCUT2D eigenvalue weighted by atomic mass is 9.81. The predicted octanol–water partition coefficient (Wildman–Crippen LogP) is 3.85. The number of carbonyl (C=O) groups is 1. The topological polar surface area (TPSA) is 89.5 Å². The van der Waals surface area contributed by atoms with Gasteiger partial charge in [-0.3, -0.25) is 4.79 Å². The zero-order valence-corrected chi connectivity index (χ0v) is 22.0. The standard InChI is InChI=1S/C27H36F3N5O3/c1-19-31-15-22(16-32-19)37-17-24(36)33-21-5-9-27(30,10-6-21)11-14-35-12-7-20-3-4-25(34-23(20)8-13-35)38-18-26(2,28)29/h3-4,15-16,21H,5-14,17-18H2,1-2H3,(H,33,36)/t21-,27+. The molecule has 208 valence electrons. The Morgan fingerprint density at radius 3 is 2.58 bits per heavy atom. The van der Waals surface area contributed by atoms with Gasteiger partial charge in [-0.1, -0.05) is 6.07 Å². The first-order valence-corrected chi connectivity index (χ1v) is 13.2. The molecule has 0 saturated heterocycles. The molecule has 0 spiro atoms. The summed E-state index contributed by atoms with van der Waals surface area (Å²) in [7, 11) is 0. The Hall–Kier alpha value is -2.95. The number of amides is 1. The highest BCUT2D eigenvalue weighted by Gasteiger charge is 2.36. The van der Waals surface area contributed by atoms with Crippen LogP contribution in [0.3, 0.4) is 0 Å². The summed E-state index contributed by atoms with van der Waals surface area (Å²) in [5.41, 5.74) is 0.684. The fourth-order valence-corrected chi connectivity index (χ4v) is 4.87. The normalized spacial score (nSPS) is 22.3. The van der Waals surface area contributed by atoms with Crippen molar-refractivity contribution in [2.75, 3.05) is 32.8 Å². The van der Waals surface area contributed by atoms with Crippen LogP contribution >= 0.6 is 0 Å². The number of aryl methyl sites for hydroxylation is 1. The van der Waals surface area contributed by atoms with Gasteiger partial charge in [0.1, 0.15) is 11.5 Å². The van der Waals surface area contributed by atoms with Gasteiger partial charge in [-0.25, -0.2) is 28.1 Å². The Morgan fingerprint density at radius 2 is 1.87 bits per heavy atom. The van der Waals surface area contributed by atoms with E-state index in [0.717, 1.165) is 37.7 Å².